The van der Waals surface area contributed by atoms with Crippen LogP contribution >= 0.6 is 0 Å². The molecule has 2 aromatic rings. The first-order chi connectivity index (χ1) is 12.6. The molecular formula is C21H23FN2O2. The van der Waals surface area contributed by atoms with Crippen LogP contribution < -0.4 is 10.1 Å². The van der Waals surface area contributed by atoms with Crippen LogP contribution in [0, 0.1) is 24.6 Å². The van der Waals surface area contributed by atoms with E-state index in [2.05, 4.69) is 5.32 Å². The summed E-state index contributed by atoms with van der Waals surface area (Å²) in [4.78, 5) is 15.3. The Bertz CT molecular complexity index is 839. The second kappa shape index (κ2) is 6.72. The smallest absolute Gasteiger partial charge is 0.254 e. The van der Waals surface area contributed by atoms with E-state index in [4.69, 9.17) is 4.74 Å². The molecule has 136 valence electrons. The lowest BCUT2D eigenvalue weighted by Gasteiger charge is -2.29. The Morgan fingerprint density at radius 3 is 2.81 bits per heavy atom. The Kier molecular flexibility index (Phi) is 4.41. The molecule has 1 N–H and O–H groups in total. The average molecular weight is 354 g/mol. The van der Waals surface area contributed by atoms with E-state index < -0.39 is 0 Å². The Hall–Kier alpha value is -2.40. The van der Waals surface area contributed by atoms with E-state index in [1.165, 1.54) is 6.07 Å². The van der Waals surface area contributed by atoms with Crippen molar-refractivity contribution in [2.45, 2.75) is 13.0 Å². The van der Waals surface area contributed by atoms with E-state index in [0.29, 0.717) is 23.9 Å². The fraction of sp³-hybridized carbons (Fsp3) is 0.381. The van der Waals surface area contributed by atoms with Gasteiger partial charge in [-0.3, -0.25) is 4.79 Å². The van der Waals surface area contributed by atoms with Crippen molar-refractivity contribution in [3.8, 4) is 5.75 Å². The van der Waals surface area contributed by atoms with E-state index in [9.17, 15) is 9.18 Å². The van der Waals surface area contributed by atoms with Crippen LogP contribution in [0.25, 0.3) is 0 Å². The Balaban J connectivity index is 1.70. The van der Waals surface area contributed by atoms with Crippen LogP contribution in [0.2, 0.25) is 0 Å². The van der Waals surface area contributed by atoms with Crippen molar-refractivity contribution in [1.82, 2.24) is 10.2 Å². The number of carbonyl (C=O) groups excluding carboxylic acids is 1. The molecule has 0 bridgehead atoms. The zero-order chi connectivity index (χ0) is 18.3. The van der Waals surface area contributed by atoms with Crippen LogP contribution in [0.3, 0.4) is 0 Å². The zero-order valence-corrected chi connectivity index (χ0v) is 15.0. The second-order valence-corrected chi connectivity index (χ2v) is 7.22. The van der Waals surface area contributed by atoms with Crippen LogP contribution in [0.15, 0.2) is 42.5 Å². The van der Waals surface area contributed by atoms with Gasteiger partial charge in [0.2, 0.25) is 0 Å². The number of rotatable bonds is 3. The van der Waals surface area contributed by atoms with Gasteiger partial charge in [0.05, 0.1) is 13.2 Å². The number of benzene rings is 2. The first-order valence-corrected chi connectivity index (χ1v) is 9.00. The molecule has 2 aliphatic rings. The molecule has 4 nitrogen and oxygen atoms in total. The van der Waals surface area contributed by atoms with E-state index in [0.717, 1.165) is 30.0 Å². The number of amides is 1. The number of carbonyl (C=O) groups is 1. The van der Waals surface area contributed by atoms with Crippen LogP contribution in [0.4, 0.5) is 4.39 Å². The monoisotopic (exact) mass is 354 g/mol. The highest BCUT2D eigenvalue weighted by atomic mass is 19.1. The van der Waals surface area contributed by atoms with Gasteiger partial charge < -0.3 is 15.0 Å². The third-order valence-electron chi connectivity index (χ3n) is 5.68. The molecule has 2 aromatic carbocycles. The third-order valence-corrected chi connectivity index (χ3v) is 5.68. The summed E-state index contributed by atoms with van der Waals surface area (Å²) >= 11 is 0. The van der Waals surface area contributed by atoms with Gasteiger partial charge in [0.25, 0.3) is 5.91 Å². The number of nitrogens with one attached hydrogen (secondary N) is 1. The topological polar surface area (TPSA) is 41.6 Å². The van der Waals surface area contributed by atoms with Gasteiger partial charge >= 0.3 is 0 Å². The largest absolute Gasteiger partial charge is 0.497 e. The summed E-state index contributed by atoms with van der Waals surface area (Å²) < 4.78 is 19.1. The lowest BCUT2D eigenvalue weighted by molar-refractivity contribution is 0.0713. The van der Waals surface area contributed by atoms with Crippen molar-refractivity contribution < 1.29 is 13.9 Å². The summed E-state index contributed by atoms with van der Waals surface area (Å²) in [7, 11) is 1.62. The highest BCUT2D eigenvalue weighted by Crippen LogP contribution is 2.43. The Morgan fingerprint density at radius 2 is 2.08 bits per heavy atom. The van der Waals surface area contributed by atoms with Crippen LogP contribution in [0.5, 0.6) is 5.75 Å². The summed E-state index contributed by atoms with van der Waals surface area (Å²) in [6, 6.07) is 12.1. The number of methoxy groups -OCH3 is 1. The maximum absolute atomic E-state index is 13.8. The molecule has 5 heteroatoms. The lowest BCUT2D eigenvalue weighted by Crippen LogP contribution is -2.35. The maximum atomic E-state index is 13.8. The molecule has 26 heavy (non-hydrogen) atoms. The summed E-state index contributed by atoms with van der Waals surface area (Å²) in [5, 5.41) is 3.42. The normalized spacial score (nSPS) is 24.6. The fourth-order valence-electron chi connectivity index (χ4n) is 4.40. The summed E-state index contributed by atoms with van der Waals surface area (Å²) in [6.07, 6.45) is 0. The van der Waals surface area contributed by atoms with Gasteiger partial charge in [-0.15, -0.1) is 0 Å². The number of hydrogen-bond acceptors (Lipinski definition) is 3. The number of aryl methyl sites for hydroxylation is 1. The molecule has 2 heterocycles. The highest BCUT2D eigenvalue weighted by molar-refractivity contribution is 5.96. The van der Waals surface area contributed by atoms with E-state index in [-0.39, 0.29) is 17.8 Å². The van der Waals surface area contributed by atoms with E-state index in [1.807, 2.05) is 36.1 Å². The van der Waals surface area contributed by atoms with Gasteiger partial charge in [0.15, 0.2) is 0 Å². The highest BCUT2D eigenvalue weighted by Gasteiger charge is 2.47. The number of likely N-dealkylation sites (tertiary alicyclic amines) is 1. The van der Waals surface area contributed by atoms with Gasteiger partial charge in [-0.2, -0.15) is 0 Å². The molecule has 4 rings (SSSR count). The van der Waals surface area contributed by atoms with Gasteiger partial charge in [-0.25, -0.2) is 4.39 Å². The molecule has 0 unspecified atom stereocenters. The molecule has 3 atom stereocenters. The predicted molar refractivity (Wildman–Crippen MR) is 97.8 cm³/mol. The fourth-order valence-corrected chi connectivity index (χ4v) is 4.40. The van der Waals surface area contributed by atoms with Crippen molar-refractivity contribution in [3.05, 3.63) is 65.0 Å². The quantitative estimate of drug-likeness (QED) is 0.921. The van der Waals surface area contributed by atoms with Gasteiger partial charge in [-0.1, -0.05) is 12.1 Å². The summed E-state index contributed by atoms with van der Waals surface area (Å²) in [5.74, 6) is 1.21. The number of halogens is 1. The van der Waals surface area contributed by atoms with Crippen molar-refractivity contribution in [2.75, 3.05) is 26.7 Å². The molecule has 2 fully saturated rings. The van der Waals surface area contributed by atoms with Crippen molar-refractivity contribution >= 4 is 5.91 Å². The minimum absolute atomic E-state index is 0.00816. The van der Waals surface area contributed by atoms with Gasteiger partial charge in [-0.05, 0) is 54.3 Å². The molecule has 2 aliphatic heterocycles. The second-order valence-electron chi connectivity index (χ2n) is 7.22. The summed E-state index contributed by atoms with van der Waals surface area (Å²) in [6.45, 7) is 4.38. The predicted octanol–water partition coefficient (Wildman–Crippen LogP) is 3.18. The molecular weight excluding hydrogens is 331 g/mol. The molecule has 0 spiro atoms. The minimum Gasteiger partial charge on any atom is -0.497 e. The van der Waals surface area contributed by atoms with Crippen LogP contribution in [-0.2, 0) is 0 Å². The van der Waals surface area contributed by atoms with Crippen molar-refractivity contribution in [1.29, 1.82) is 0 Å². The lowest BCUT2D eigenvalue weighted by atomic mass is 9.89. The first kappa shape index (κ1) is 17.0. The number of ether oxygens (including phenoxy) is 1. The molecule has 2 saturated heterocycles. The van der Waals surface area contributed by atoms with Gasteiger partial charge in [0.1, 0.15) is 11.6 Å². The van der Waals surface area contributed by atoms with Crippen molar-refractivity contribution in [3.63, 3.8) is 0 Å². The number of nitrogens with zero attached hydrogens (tertiary/aromatic N) is 1. The Morgan fingerprint density at radius 1 is 1.23 bits per heavy atom. The molecule has 0 saturated carbocycles. The van der Waals surface area contributed by atoms with E-state index >= 15 is 0 Å². The standard InChI is InChI=1S/C21H23FN2O2/c1-13-8-17(26-2)6-7-18(13)21(25)24-12-15-10-23-11-19(15)20(24)14-4-3-5-16(22)9-14/h3-9,15,19-20,23H,10-12H2,1-2H3/t15-,19-,20+/m0/s1. The zero-order valence-electron chi connectivity index (χ0n) is 15.0. The molecule has 1 amide bonds. The van der Waals surface area contributed by atoms with E-state index in [1.54, 1.807) is 19.2 Å². The summed E-state index contributed by atoms with van der Waals surface area (Å²) in [5.41, 5.74) is 2.45. The SMILES string of the molecule is COc1ccc(C(=O)N2C[C@@H]3CNC[C@@H]3[C@H]2c2cccc(F)c2)c(C)c1. The molecule has 0 aliphatic carbocycles. The average Bonchev–Trinajstić information content (AvgIpc) is 3.21. The molecule has 0 radical (unpaired) electrons. The number of hydrogen-bond donors (Lipinski definition) is 1. The minimum atomic E-state index is -0.259. The third kappa shape index (κ3) is 2.86. The Labute approximate surface area is 153 Å². The van der Waals surface area contributed by atoms with Crippen molar-refractivity contribution in [2.24, 2.45) is 11.8 Å². The number of fused-ring (bicyclic) bond motifs is 1. The maximum Gasteiger partial charge on any atom is 0.254 e. The molecule has 0 aromatic heterocycles. The van der Waals surface area contributed by atoms with Gasteiger partial charge in [0, 0.05) is 31.1 Å². The van der Waals surface area contributed by atoms with Crippen LogP contribution in [0.1, 0.15) is 27.5 Å². The van der Waals surface area contributed by atoms with Crippen LogP contribution in [-0.4, -0.2) is 37.6 Å². The first-order valence-electron chi connectivity index (χ1n) is 9.00.